The Morgan fingerprint density at radius 2 is 0.753 bits per heavy atom. The van der Waals surface area contributed by atoms with Gasteiger partial charge < -0.3 is 14.4 Å². The third kappa shape index (κ3) is 5.97. The summed E-state index contributed by atoms with van der Waals surface area (Å²) in [6.45, 7) is 0. The molecule has 0 saturated carbocycles. The number of benzene rings is 12. The molecule has 0 unspecified atom stereocenters. The van der Waals surface area contributed by atoms with Crippen LogP contribution >= 0.6 is 0 Å². The number of aromatic nitrogens is 1. The van der Waals surface area contributed by atoms with Crippen LogP contribution in [0.25, 0.3) is 49.7 Å². The maximum atomic E-state index is 2.55. The molecule has 2 aliphatic carbocycles. The zero-order valence-electron chi connectivity index (χ0n) is 42.1. The SMILES string of the molecule is c1ccc(N2c3ccccc3C3(c4ccccc4-c4c(N(c5ccc(-n6c7ccccc7c7ccccc76)cc5)c5ccc6c(c5)C(c5ccccc5)(c5ccccc5)c5ccccc5-6)cccc43)c3ccccc32)cc1. The standard InChI is InChI=1S/C74H49N3/c1-4-23-50(24-5-1)73(51-25-6-2-7-26-51)61-33-14-10-29-56(61)57-48-47-55(49-66(57)73)75(53-43-45-54(46-44-53)76-67-38-18-12-30-58(67)59-31-13-19-39-68(59)76)71-42-22-37-65-72(71)60-32-11-15-34-62(60)74(65)63-35-16-20-40-69(63)77(52-27-8-3-9-28-52)70-41-21-17-36-64(70)74/h1-49H. The van der Waals surface area contributed by atoms with E-state index in [-0.39, 0.29) is 0 Å². The van der Waals surface area contributed by atoms with Crippen molar-refractivity contribution < 1.29 is 0 Å². The Bertz CT molecular complexity index is 4320. The van der Waals surface area contributed by atoms with Crippen LogP contribution < -0.4 is 9.80 Å². The van der Waals surface area contributed by atoms with Crippen molar-refractivity contribution in [2.75, 3.05) is 9.80 Å². The number of para-hydroxylation sites is 5. The Labute approximate surface area is 448 Å². The molecule has 2 heterocycles. The molecule has 360 valence electrons. The van der Waals surface area contributed by atoms with Crippen LogP contribution in [0.1, 0.15) is 44.5 Å². The van der Waals surface area contributed by atoms with Crippen LogP contribution in [0.15, 0.2) is 297 Å². The maximum absolute atomic E-state index is 2.55. The summed E-state index contributed by atoms with van der Waals surface area (Å²) in [7, 11) is 0. The van der Waals surface area contributed by atoms with Crippen molar-refractivity contribution in [3.63, 3.8) is 0 Å². The highest BCUT2D eigenvalue weighted by Gasteiger charge is 2.53. The quantitative estimate of drug-likeness (QED) is 0.158. The Morgan fingerprint density at radius 3 is 1.38 bits per heavy atom. The van der Waals surface area contributed by atoms with E-state index in [0.29, 0.717) is 0 Å². The Balaban J connectivity index is 0.977. The summed E-state index contributed by atoms with van der Waals surface area (Å²) in [5.74, 6) is 0. The number of anilines is 6. The molecule has 0 amide bonds. The van der Waals surface area contributed by atoms with E-state index in [0.717, 1.165) is 28.4 Å². The van der Waals surface area contributed by atoms with Gasteiger partial charge in [-0.1, -0.05) is 218 Å². The van der Waals surface area contributed by atoms with Crippen molar-refractivity contribution in [1.82, 2.24) is 4.57 Å². The van der Waals surface area contributed by atoms with Gasteiger partial charge in [0, 0.05) is 39.1 Å². The minimum absolute atomic E-state index is 0.577. The molecule has 3 nitrogen and oxygen atoms in total. The second kappa shape index (κ2) is 16.8. The summed E-state index contributed by atoms with van der Waals surface area (Å²) in [6.07, 6.45) is 0. The number of fused-ring (bicyclic) bond motifs is 15. The minimum Gasteiger partial charge on any atom is -0.310 e. The van der Waals surface area contributed by atoms with Crippen LogP contribution in [0.3, 0.4) is 0 Å². The van der Waals surface area contributed by atoms with E-state index >= 15 is 0 Å². The first-order valence-electron chi connectivity index (χ1n) is 26.8. The lowest BCUT2D eigenvalue weighted by Gasteiger charge is -2.45. The average Bonchev–Trinajstić information content (AvgIpc) is 4.30. The summed E-state index contributed by atoms with van der Waals surface area (Å²) in [6, 6.07) is 111. The Morgan fingerprint density at radius 1 is 0.286 bits per heavy atom. The van der Waals surface area contributed by atoms with E-state index < -0.39 is 10.8 Å². The van der Waals surface area contributed by atoms with Gasteiger partial charge in [-0.15, -0.1) is 0 Å². The van der Waals surface area contributed by atoms with Gasteiger partial charge >= 0.3 is 0 Å². The van der Waals surface area contributed by atoms with Gasteiger partial charge in [-0.05, 0) is 140 Å². The molecule has 0 N–H and O–H groups in total. The fourth-order valence-corrected chi connectivity index (χ4v) is 14.1. The van der Waals surface area contributed by atoms with Crippen LogP contribution in [-0.4, -0.2) is 4.57 Å². The molecule has 0 fully saturated rings. The van der Waals surface area contributed by atoms with Crippen molar-refractivity contribution in [2.24, 2.45) is 0 Å². The fraction of sp³-hybridized carbons (Fsp3) is 0.0270. The van der Waals surface area contributed by atoms with Crippen LogP contribution in [0.2, 0.25) is 0 Å². The van der Waals surface area contributed by atoms with Gasteiger partial charge in [0.1, 0.15) is 0 Å². The van der Waals surface area contributed by atoms with E-state index in [2.05, 4.69) is 312 Å². The van der Waals surface area contributed by atoms with Gasteiger partial charge in [0.25, 0.3) is 0 Å². The summed E-state index contributed by atoms with van der Waals surface area (Å²) in [4.78, 5) is 5.00. The number of hydrogen-bond acceptors (Lipinski definition) is 2. The van der Waals surface area contributed by atoms with Crippen molar-refractivity contribution in [2.45, 2.75) is 10.8 Å². The van der Waals surface area contributed by atoms with E-state index in [9.17, 15) is 0 Å². The topological polar surface area (TPSA) is 11.4 Å². The molecule has 77 heavy (non-hydrogen) atoms. The van der Waals surface area contributed by atoms with E-state index in [1.165, 1.54) is 99.9 Å². The summed E-state index contributed by atoms with van der Waals surface area (Å²) >= 11 is 0. The molecule has 3 heteroatoms. The number of rotatable bonds is 7. The zero-order valence-corrected chi connectivity index (χ0v) is 42.1. The summed E-state index contributed by atoms with van der Waals surface area (Å²) in [5.41, 5.74) is 24.2. The van der Waals surface area contributed by atoms with Crippen molar-refractivity contribution in [1.29, 1.82) is 0 Å². The molecule has 0 radical (unpaired) electrons. The molecule has 1 aromatic heterocycles. The monoisotopic (exact) mass is 979 g/mol. The van der Waals surface area contributed by atoms with Gasteiger partial charge in [0.15, 0.2) is 0 Å². The van der Waals surface area contributed by atoms with Crippen LogP contribution in [0, 0.1) is 0 Å². The first kappa shape index (κ1) is 43.4. The predicted molar refractivity (Wildman–Crippen MR) is 318 cm³/mol. The highest BCUT2D eigenvalue weighted by molar-refractivity contribution is 6.09. The van der Waals surface area contributed by atoms with Gasteiger partial charge in [-0.25, -0.2) is 0 Å². The Kier molecular flexibility index (Phi) is 9.47. The second-order valence-electron chi connectivity index (χ2n) is 20.7. The van der Waals surface area contributed by atoms with Crippen molar-refractivity contribution in [3.8, 4) is 27.9 Å². The molecule has 13 aromatic rings. The molecule has 3 aliphatic rings. The lowest BCUT2D eigenvalue weighted by atomic mass is 9.64. The molecular formula is C74H49N3. The van der Waals surface area contributed by atoms with E-state index in [1.54, 1.807) is 0 Å². The second-order valence-corrected chi connectivity index (χ2v) is 20.7. The van der Waals surface area contributed by atoms with Gasteiger partial charge in [0.05, 0.1) is 38.9 Å². The molecule has 12 aromatic carbocycles. The van der Waals surface area contributed by atoms with Crippen LogP contribution in [0.5, 0.6) is 0 Å². The largest absolute Gasteiger partial charge is 0.310 e. The van der Waals surface area contributed by atoms with Crippen molar-refractivity contribution >= 4 is 55.9 Å². The normalized spacial score (nSPS) is 13.9. The summed E-state index contributed by atoms with van der Waals surface area (Å²) < 4.78 is 2.41. The third-order valence-corrected chi connectivity index (χ3v) is 17.0. The average molecular weight is 980 g/mol. The lowest BCUT2D eigenvalue weighted by Crippen LogP contribution is -2.36. The van der Waals surface area contributed by atoms with E-state index in [1.807, 2.05) is 0 Å². The Hall–Kier alpha value is -9.96. The smallest absolute Gasteiger partial charge is 0.0755 e. The molecule has 16 rings (SSSR count). The number of nitrogens with zero attached hydrogens (tertiary/aromatic N) is 3. The lowest BCUT2D eigenvalue weighted by molar-refractivity contribution is 0.752. The molecule has 0 saturated heterocycles. The molecule has 1 spiro atoms. The molecule has 0 atom stereocenters. The molecule has 1 aliphatic heterocycles. The third-order valence-electron chi connectivity index (χ3n) is 17.0. The highest BCUT2D eigenvalue weighted by Crippen LogP contribution is 2.66. The van der Waals surface area contributed by atoms with Gasteiger partial charge in [0.2, 0.25) is 0 Å². The fourth-order valence-electron chi connectivity index (χ4n) is 14.1. The van der Waals surface area contributed by atoms with E-state index in [4.69, 9.17) is 0 Å². The summed E-state index contributed by atoms with van der Waals surface area (Å²) in [5, 5.41) is 2.50. The molecule has 0 bridgehead atoms. The van der Waals surface area contributed by atoms with Crippen molar-refractivity contribution in [3.05, 3.63) is 342 Å². The first-order valence-corrected chi connectivity index (χ1v) is 26.8. The first-order chi connectivity index (χ1) is 38.2. The minimum atomic E-state index is -0.623. The highest BCUT2D eigenvalue weighted by atomic mass is 15.2. The molecular weight excluding hydrogens is 931 g/mol. The van der Waals surface area contributed by atoms with Gasteiger partial charge in [-0.3, -0.25) is 0 Å². The van der Waals surface area contributed by atoms with Crippen LogP contribution in [-0.2, 0) is 10.8 Å². The van der Waals surface area contributed by atoms with Gasteiger partial charge in [-0.2, -0.15) is 0 Å². The maximum Gasteiger partial charge on any atom is 0.0755 e. The van der Waals surface area contributed by atoms with Crippen LogP contribution in [0.4, 0.5) is 34.1 Å². The predicted octanol–water partition coefficient (Wildman–Crippen LogP) is 18.8. The number of hydrogen-bond donors (Lipinski definition) is 0. The zero-order chi connectivity index (χ0) is 50.7.